The molecule has 0 aromatic heterocycles. The van der Waals surface area contributed by atoms with Gasteiger partial charge in [0.1, 0.15) is 12.4 Å². The zero-order chi connectivity index (χ0) is 12.5. The molecule has 4 nitrogen and oxygen atoms in total. The van der Waals surface area contributed by atoms with Gasteiger partial charge >= 0.3 is 0 Å². The molecule has 4 rings (SSSR count). The van der Waals surface area contributed by atoms with Crippen molar-refractivity contribution in [2.24, 2.45) is 5.41 Å². The van der Waals surface area contributed by atoms with Gasteiger partial charge in [0, 0.05) is 6.42 Å². The van der Waals surface area contributed by atoms with Gasteiger partial charge in [-0.1, -0.05) is 25.1 Å². The fraction of sp³-hybridized carbons (Fsp3) is 0.571. The summed E-state index contributed by atoms with van der Waals surface area (Å²) in [5.41, 5.74) is -0.174. The van der Waals surface area contributed by atoms with Crippen molar-refractivity contribution in [1.82, 2.24) is 0 Å². The van der Waals surface area contributed by atoms with Gasteiger partial charge in [0.15, 0.2) is 0 Å². The van der Waals surface area contributed by atoms with Crippen molar-refractivity contribution in [3.63, 3.8) is 0 Å². The molecule has 0 aliphatic carbocycles. The first-order chi connectivity index (χ1) is 8.76. The number of benzene rings is 1. The van der Waals surface area contributed by atoms with Gasteiger partial charge in [-0.3, -0.25) is 0 Å². The number of para-hydroxylation sites is 1. The number of hydrogen-bond donors (Lipinski definition) is 0. The van der Waals surface area contributed by atoms with Gasteiger partial charge in [-0.05, 0) is 12.1 Å². The molecule has 0 amide bonds. The van der Waals surface area contributed by atoms with Crippen LogP contribution in [0.2, 0.25) is 0 Å². The third-order valence-corrected chi connectivity index (χ3v) is 3.52. The predicted octanol–water partition coefficient (Wildman–Crippen LogP) is 2.19. The maximum Gasteiger partial charge on any atom is 0.282 e. The van der Waals surface area contributed by atoms with Crippen LogP contribution in [0.25, 0.3) is 0 Å². The monoisotopic (exact) mass is 250 g/mol. The molecule has 98 valence electrons. The zero-order valence-corrected chi connectivity index (χ0v) is 10.6. The van der Waals surface area contributed by atoms with Crippen LogP contribution in [0, 0.1) is 5.41 Å². The maximum absolute atomic E-state index is 5.79. The maximum atomic E-state index is 5.79. The summed E-state index contributed by atoms with van der Waals surface area (Å²) < 4.78 is 22.8. The number of rotatable bonds is 4. The second kappa shape index (κ2) is 4.53. The molecule has 1 aromatic carbocycles. The molecule has 3 saturated heterocycles. The van der Waals surface area contributed by atoms with E-state index in [1.54, 1.807) is 0 Å². The SMILES string of the molecule is CCC12OCC(COc3ccccc3)(CO1)CO2. The average molecular weight is 250 g/mol. The van der Waals surface area contributed by atoms with E-state index in [-0.39, 0.29) is 5.41 Å². The van der Waals surface area contributed by atoms with Gasteiger partial charge < -0.3 is 18.9 Å². The van der Waals surface area contributed by atoms with Crippen molar-refractivity contribution in [2.75, 3.05) is 26.4 Å². The standard InChI is InChI=1S/C14H18O4/c1-2-14-16-9-13(10-17-14,11-18-14)8-15-12-6-4-3-5-7-12/h3-7H,2,8-11H2,1H3. The topological polar surface area (TPSA) is 36.9 Å². The molecule has 0 N–H and O–H groups in total. The predicted molar refractivity (Wildman–Crippen MR) is 65.2 cm³/mol. The molecule has 2 bridgehead atoms. The molecule has 0 saturated carbocycles. The summed E-state index contributed by atoms with van der Waals surface area (Å²) in [6, 6.07) is 9.78. The molecule has 3 heterocycles. The Morgan fingerprint density at radius 3 is 2.22 bits per heavy atom. The van der Waals surface area contributed by atoms with Crippen molar-refractivity contribution in [2.45, 2.75) is 19.3 Å². The van der Waals surface area contributed by atoms with Crippen LogP contribution in [0.5, 0.6) is 5.75 Å². The average Bonchev–Trinajstić information content (AvgIpc) is 2.48. The first kappa shape index (κ1) is 12.0. The molecular formula is C14H18O4. The van der Waals surface area contributed by atoms with Crippen LogP contribution >= 0.6 is 0 Å². The number of ether oxygens (including phenoxy) is 4. The molecule has 3 aliphatic rings. The lowest BCUT2D eigenvalue weighted by atomic mass is 9.89. The first-order valence-corrected chi connectivity index (χ1v) is 6.36. The fourth-order valence-electron chi connectivity index (χ4n) is 2.22. The lowest BCUT2D eigenvalue weighted by Crippen LogP contribution is -2.61. The highest BCUT2D eigenvalue weighted by atomic mass is 16.9. The first-order valence-electron chi connectivity index (χ1n) is 6.36. The van der Waals surface area contributed by atoms with Gasteiger partial charge in [-0.25, -0.2) is 0 Å². The molecule has 3 aliphatic heterocycles. The minimum atomic E-state index is -0.797. The Bertz CT molecular complexity index is 379. The lowest BCUT2D eigenvalue weighted by molar-refractivity contribution is -0.470. The van der Waals surface area contributed by atoms with E-state index in [1.807, 2.05) is 37.3 Å². The van der Waals surface area contributed by atoms with Crippen LogP contribution in [0.4, 0.5) is 0 Å². The van der Waals surface area contributed by atoms with E-state index < -0.39 is 5.97 Å². The van der Waals surface area contributed by atoms with Crippen molar-refractivity contribution in [3.8, 4) is 5.75 Å². The van der Waals surface area contributed by atoms with Crippen LogP contribution in [-0.2, 0) is 14.2 Å². The second-order valence-electron chi connectivity index (χ2n) is 5.00. The molecule has 0 radical (unpaired) electrons. The molecule has 4 heteroatoms. The fourth-order valence-corrected chi connectivity index (χ4v) is 2.22. The van der Waals surface area contributed by atoms with E-state index in [9.17, 15) is 0 Å². The molecule has 18 heavy (non-hydrogen) atoms. The van der Waals surface area contributed by atoms with Gasteiger partial charge in [-0.2, -0.15) is 0 Å². The van der Waals surface area contributed by atoms with Crippen LogP contribution in [0.15, 0.2) is 30.3 Å². The molecule has 0 atom stereocenters. The summed E-state index contributed by atoms with van der Waals surface area (Å²) in [5.74, 6) is 0.0684. The van der Waals surface area contributed by atoms with E-state index in [0.29, 0.717) is 32.8 Å². The molecule has 0 spiro atoms. The summed E-state index contributed by atoms with van der Waals surface area (Å²) >= 11 is 0. The Balaban J connectivity index is 1.61. The third kappa shape index (κ3) is 2.11. The Hall–Kier alpha value is -1.10. The molecule has 3 fully saturated rings. The van der Waals surface area contributed by atoms with Gasteiger partial charge in [0.2, 0.25) is 0 Å². The Kier molecular flexibility index (Phi) is 3.01. The summed E-state index contributed by atoms with van der Waals surface area (Å²) in [6.45, 7) is 4.45. The summed E-state index contributed by atoms with van der Waals surface area (Å²) in [6.07, 6.45) is 0.711. The molecule has 0 unspecified atom stereocenters. The van der Waals surface area contributed by atoms with Crippen molar-refractivity contribution >= 4 is 0 Å². The largest absolute Gasteiger partial charge is 0.493 e. The van der Waals surface area contributed by atoms with Crippen molar-refractivity contribution < 1.29 is 18.9 Å². The summed E-state index contributed by atoms with van der Waals surface area (Å²) in [5, 5.41) is 0. The highest BCUT2D eigenvalue weighted by Crippen LogP contribution is 2.40. The Morgan fingerprint density at radius 1 is 1.06 bits per heavy atom. The molecule has 1 aromatic rings. The van der Waals surface area contributed by atoms with Crippen molar-refractivity contribution in [1.29, 1.82) is 0 Å². The molecular weight excluding hydrogens is 232 g/mol. The van der Waals surface area contributed by atoms with Gasteiger partial charge in [0.05, 0.1) is 25.2 Å². The smallest absolute Gasteiger partial charge is 0.282 e. The Labute approximate surface area is 107 Å². The minimum absolute atomic E-state index is 0.174. The van der Waals surface area contributed by atoms with Crippen LogP contribution in [-0.4, -0.2) is 32.4 Å². The second-order valence-corrected chi connectivity index (χ2v) is 5.00. The number of fused-ring (bicyclic) bond motifs is 3. The van der Waals surface area contributed by atoms with Crippen LogP contribution in [0.1, 0.15) is 13.3 Å². The van der Waals surface area contributed by atoms with Gasteiger partial charge in [-0.15, -0.1) is 0 Å². The van der Waals surface area contributed by atoms with E-state index >= 15 is 0 Å². The highest BCUT2D eigenvalue weighted by Gasteiger charge is 2.52. The minimum Gasteiger partial charge on any atom is -0.493 e. The van der Waals surface area contributed by atoms with Gasteiger partial charge in [0.25, 0.3) is 5.97 Å². The van der Waals surface area contributed by atoms with E-state index in [2.05, 4.69) is 0 Å². The van der Waals surface area contributed by atoms with Crippen LogP contribution in [0.3, 0.4) is 0 Å². The van der Waals surface area contributed by atoms with Crippen molar-refractivity contribution in [3.05, 3.63) is 30.3 Å². The van der Waals surface area contributed by atoms with E-state index in [4.69, 9.17) is 18.9 Å². The lowest BCUT2D eigenvalue weighted by Gasteiger charge is -2.51. The summed E-state index contributed by atoms with van der Waals surface area (Å²) in [4.78, 5) is 0. The normalized spacial score (nSPS) is 34.5. The number of hydrogen-bond acceptors (Lipinski definition) is 4. The van der Waals surface area contributed by atoms with E-state index in [0.717, 1.165) is 5.75 Å². The van der Waals surface area contributed by atoms with E-state index in [1.165, 1.54) is 0 Å². The Morgan fingerprint density at radius 2 is 1.67 bits per heavy atom. The zero-order valence-electron chi connectivity index (χ0n) is 10.6. The summed E-state index contributed by atoms with van der Waals surface area (Å²) in [7, 11) is 0. The third-order valence-electron chi connectivity index (χ3n) is 3.52. The quantitative estimate of drug-likeness (QED) is 0.821. The highest BCUT2D eigenvalue weighted by molar-refractivity contribution is 5.21. The van der Waals surface area contributed by atoms with Crippen LogP contribution < -0.4 is 4.74 Å².